The molecule has 0 aromatic carbocycles. The first-order valence-electron chi connectivity index (χ1n) is 5.76. The zero-order valence-electron chi connectivity index (χ0n) is 10.6. The number of amides is 1. The third kappa shape index (κ3) is 2.51. The standard InChI is InChI=1S/C11H17N5O2/c1-15(2)10(17)8-7-13-11(14-9(8)12)16-3-5-18-6-4-16/h7H,3-6H2,1-2H3,(H2,12,13,14). The lowest BCUT2D eigenvalue weighted by atomic mass is 10.3. The smallest absolute Gasteiger partial charge is 0.258 e. The molecule has 0 saturated carbocycles. The van der Waals surface area contributed by atoms with Crippen LogP contribution in [0.25, 0.3) is 0 Å². The van der Waals surface area contributed by atoms with Gasteiger partial charge in [0.05, 0.1) is 13.2 Å². The van der Waals surface area contributed by atoms with E-state index in [4.69, 9.17) is 10.5 Å². The van der Waals surface area contributed by atoms with Gasteiger partial charge in [-0.2, -0.15) is 4.98 Å². The highest BCUT2D eigenvalue weighted by Crippen LogP contribution is 2.15. The van der Waals surface area contributed by atoms with E-state index in [2.05, 4.69) is 9.97 Å². The molecule has 7 nitrogen and oxygen atoms in total. The van der Waals surface area contributed by atoms with E-state index < -0.39 is 0 Å². The van der Waals surface area contributed by atoms with Crippen molar-refractivity contribution in [1.82, 2.24) is 14.9 Å². The third-order valence-electron chi connectivity index (χ3n) is 2.74. The van der Waals surface area contributed by atoms with Gasteiger partial charge in [-0.15, -0.1) is 0 Å². The zero-order chi connectivity index (χ0) is 13.1. The Bertz CT molecular complexity index is 443. The fraction of sp³-hybridized carbons (Fsp3) is 0.545. The summed E-state index contributed by atoms with van der Waals surface area (Å²) in [7, 11) is 3.33. The summed E-state index contributed by atoms with van der Waals surface area (Å²) in [4.78, 5) is 23.6. The number of carbonyl (C=O) groups excluding carboxylic acids is 1. The molecule has 0 aliphatic carbocycles. The van der Waals surface area contributed by atoms with Gasteiger partial charge in [0, 0.05) is 33.4 Å². The quantitative estimate of drug-likeness (QED) is 0.769. The van der Waals surface area contributed by atoms with E-state index in [1.807, 2.05) is 4.90 Å². The number of nitrogens with zero attached hydrogens (tertiary/aromatic N) is 4. The Morgan fingerprint density at radius 2 is 2.11 bits per heavy atom. The van der Waals surface area contributed by atoms with E-state index in [9.17, 15) is 4.79 Å². The summed E-state index contributed by atoms with van der Waals surface area (Å²) in [5.74, 6) is 0.567. The Labute approximate surface area is 106 Å². The minimum atomic E-state index is -0.193. The Morgan fingerprint density at radius 1 is 1.44 bits per heavy atom. The van der Waals surface area contributed by atoms with E-state index in [1.54, 1.807) is 14.1 Å². The molecule has 0 unspecified atom stereocenters. The fourth-order valence-corrected chi connectivity index (χ4v) is 1.71. The van der Waals surface area contributed by atoms with Crippen LogP contribution in [-0.4, -0.2) is 61.2 Å². The molecule has 1 aromatic heterocycles. The maximum Gasteiger partial charge on any atom is 0.258 e. The zero-order valence-corrected chi connectivity index (χ0v) is 10.6. The van der Waals surface area contributed by atoms with Crippen molar-refractivity contribution in [3.05, 3.63) is 11.8 Å². The summed E-state index contributed by atoms with van der Waals surface area (Å²) >= 11 is 0. The van der Waals surface area contributed by atoms with Crippen LogP contribution in [0.15, 0.2) is 6.20 Å². The molecule has 2 heterocycles. The monoisotopic (exact) mass is 251 g/mol. The molecule has 1 amide bonds. The number of nitrogens with two attached hydrogens (primary N) is 1. The van der Waals surface area contributed by atoms with Crippen molar-refractivity contribution in [2.75, 3.05) is 51.0 Å². The Balaban J connectivity index is 2.21. The van der Waals surface area contributed by atoms with Crippen LogP contribution < -0.4 is 10.6 Å². The molecule has 1 aromatic rings. The van der Waals surface area contributed by atoms with Gasteiger partial charge in [-0.25, -0.2) is 4.98 Å². The van der Waals surface area contributed by atoms with Crippen molar-refractivity contribution in [2.24, 2.45) is 0 Å². The molecule has 0 atom stereocenters. The van der Waals surface area contributed by atoms with E-state index in [1.165, 1.54) is 11.1 Å². The maximum absolute atomic E-state index is 11.8. The largest absolute Gasteiger partial charge is 0.383 e. The summed E-state index contributed by atoms with van der Waals surface area (Å²) in [6.45, 7) is 2.78. The molecule has 0 bridgehead atoms. The number of nitrogen functional groups attached to an aromatic ring is 1. The molecule has 1 saturated heterocycles. The second-order valence-electron chi connectivity index (χ2n) is 4.27. The van der Waals surface area contributed by atoms with Crippen LogP contribution in [0.3, 0.4) is 0 Å². The van der Waals surface area contributed by atoms with Gasteiger partial charge in [-0.1, -0.05) is 0 Å². The summed E-state index contributed by atoms with van der Waals surface area (Å²) < 4.78 is 5.26. The van der Waals surface area contributed by atoms with Gasteiger partial charge in [0.25, 0.3) is 5.91 Å². The van der Waals surface area contributed by atoms with Crippen molar-refractivity contribution in [2.45, 2.75) is 0 Å². The average Bonchev–Trinajstić information content (AvgIpc) is 2.38. The van der Waals surface area contributed by atoms with Crippen LogP contribution in [-0.2, 0) is 4.74 Å². The van der Waals surface area contributed by atoms with E-state index in [0.717, 1.165) is 13.1 Å². The number of ether oxygens (including phenoxy) is 1. The number of morpholine rings is 1. The van der Waals surface area contributed by atoms with Crippen LogP contribution in [0.1, 0.15) is 10.4 Å². The molecular weight excluding hydrogens is 234 g/mol. The lowest BCUT2D eigenvalue weighted by Gasteiger charge is -2.27. The predicted octanol–water partition coefficient (Wildman–Crippen LogP) is -0.403. The van der Waals surface area contributed by atoms with Gasteiger partial charge in [-0.05, 0) is 0 Å². The van der Waals surface area contributed by atoms with Gasteiger partial charge in [0.15, 0.2) is 0 Å². The summed E-state index contributed by atoms with van der Waals surface area (Å²) in [5, 5.41) is 0. The van der Waals surface area contributed by atoms with Crippen molar-refractivity contribution in [3.8, 4) is 0 Å². The highest BCUT2D eigenvalue weighted by molar-refractivity contribution is 5.97. The Kier molecular flexibility index (Phi) is 3.61. The normalized spacial score (nSPS) is 15.6. The van der Waals surface area contributed by atoms with E-state index in [0.29, 0.717) is 24.7 Å². The van der Waals surface area contributed by atoms with Crippen molar-refractivity contribution >= 4 is 17.7 Å². The second kappa shape index (κ2) is 5.18. The topological polar surface area (TPSA) is 84.6 Å². The highest BCUT2D eigenvalue weighted by Gasteiger charge is 2.18. The van der Waals surface area contributed by atoms with Crippen molar-refractivity contribution in [1.29, 1.82) is 0 Å². The first-order chi connectivity index (χ1) is 8.59. The number of hydrogen-bond donors (Lipinski definition) is 1. The molecule has 7 heteroatoms. The van der Waals surface area contributed by atoms with Crippen molar-refractivity contribution in [3.63, 3.8) is 0 Å². The minimum absolute atomic E-state index is 0.193. The lowest BCUT2D eigenvalue weighted by molar-refractivity contribution is 0.0828. The first kappa shape index (κ1) is 12.6. The van der Waals surface area contributed by atoms with Gasteiger partial charge in [0.1, 0.15) is 11.4 Å². The highest BCUT2D eigenvalue weighted by atomic mass is 16.5. The number of rotatable bonds is 2. The van der Waals surface area contributed by atoms with Gasteiger partial charge < -0.3 is 20.3 Å². The summed E-state index contributed by atoms with van der Waals surface area (Å²) in [5.41, 5.74) is 6.14. The minimum Gasteiger partial charge on any atom is -0.383 e. The second-order valence-corrected chi connectivity index (χ2v) is 4.27. The summed E-state index contributed by atoms with van der Waals surface area (Å²) in [6, 6.07) is 0. The van der Waals surface area contributed by atoms with E-state index in [-0.39, 0.29) is 11.7 Å². The molecule has 2 rings (SSSR count). The van der Waals surface area contributed by atoms with Crippen LogP contribution >= 0.6 is 0 Å². The van der Waals surface area contributed by atoms with Crippen LogP contribution in [0, 0.1) is 0 Å². The van der Waals surface area contributed by atoms with Gasteiger partial charge in [-0.3, -0.25) is 4.79 Å². The first-order valence-corrected chi connectivity index (χ1v) is 5.76. The third-order valence-corrected chi connectivity index (χ3v) is 2.74. The number of anilines is 2. The molecular formula is C11H17N5O2. The number of carbonyl (C=O) groups is 1. The van der Waals surface area contributed by atoms with Crippen LogP contribution in [0.4, 0.5) is 11.8 Å². The maximum atomic E-state index is 11.8. The van der Waals surface area contributed by atoms with Crippen LogP contribution in [0.5, 0.6) is 0 Å². The van der Waals surface area contributed by atoms with Crippen LogP contribution in [0.2, 0.25) is 0 Å². The Hall–Kier alpha value is -1.89. The SMILES string of the molecule is CN(C)C(=O)c1cnc(N2CCOCC2)nc1N. The molecule has 2 N–H and O–H groups in total. The van der Waals surface area contributed by atoms with Crippen molar-refractivity contribution < 1.29 is 9.53 Å². The lowest BCUT2D eigenvalue weighted by Crippen LogP contribution is -2.37. The van der Waals surface area contributed by atoms with Gasteiger partial charge >= 0.3 is 0 Å². The molecule has 0 spiro atoms. The molecule has 1 aliphatic rings. The number of hydrogen-bond acceptors (Lipinski definition) is 6. The Morgan fingerprint density at radius 3 is 2.67 bits per heavy atom. The molecule has 1 fully saturated rings. The number of aromatic nitrogens is 2. The predicted molar refractivity (Wildman–Crippen MR) is 67.5 cm³/mol. The van der Waals surface area contributed by atoms with E-state index >= 15 is 0 Å². The summed E-state index contributed by atoms with van der Waals surface area (Å²) in [6.07, 6.45) is 1.48. The van der Waals surface area contributed by atoms with Gasteiger partial charge in [0.2, 0.25) is 5.95 Å². The average molecular weight is 251 g/mol. The molecule has 98 valence electrons. The molecule has 18 heavy (non-hydrogen) atoms. The molecule has 1 aliphatic heterocycles. The fourth-order valence-electron chi connectivity index (χ4n) is 1.71. The molecule has 0 radical (unpaired) electrons.